The summed E-state index contributed by atoms with van der Waals surface area (Å²) in [6, 6.07) is 3.87. The van der Waals surface area contributed by atoms with Crippen molar-refractivity contribution in [1.82, 2.24) is 4.90 Å². The third kappa shape index (κ3) is 1.39. The maximum Gasteiger partial charge on any atom is 0.231 e. The molecule has 3 N–H and O–H groups in total. The zero-order valence-electron chi connectivity index (χ0n) is 12.1. The van der Waals surface area contributed by atoms with E-state index >= 15 is 0 Å². The Balaban J connectivity index is 1.74. The summed E-state index contributed by atoms with van der Waals surface area (Å²) in [6.45, 7) is 1.44. The van der Waals surface area contributed by atoms with Crippen molar-refractivity contribution in [3.63, 3.8) is 0 Å². The van der Waals surface area contributed by atoms with E-state index in [1.807, 2.05) is 12.1 Å². The van der Waals surface area contributed by atoms with E-state index in [0.29, 0.717) is 31.7 Å². The van der Waals surface area contributed by atoms with Gasteiger partial charge in [-0.05, 0) is 29.7 Å². The Morgan fingerprint density at radius 1 is 1.05 bits per heavy atom. The monoisotopic (exact) mass is 305 g/mol. The van der Waals surface area contributed by atoms with Crippen molar-refractivity contribution in [3.8, 4) is 11.5 Å². The Hall–Kier alpha value is -1.34. The normalized spacial score (nSPS) is 44.6. The van der Waals surface area contributed by atoms with Crippen LogP contribution in [0.5, 0.6) is 11.5 Å². The summed E-state index contributed by atoms with van der Waals surface area (Å²) in [5.74, 6) is 1.41. The molecular formula is C16H19NO5. The van der Waals surface area contributed by atoms with Crippen LogP contribution in [0.25, 0.3) is 0 Å². The lowest BCUT2D eigenvalue weighted by Crippen LogP contribution is -2.61. The topological polar surface area (TPSA) is 82.4 Å². The molecule has 118 valence electrons. The smallest absolute Gasteiger partial charge is 0.231 e. The van der Waals surface area contributed by atoms with Crippen LogP contribution in [-0.4, -0.2) is 57.9 Å². The summed E-state index contributed by atoms with van der Waals surface area (Å²) < 4.78 is 10.9. The van der Waals surface area contributed by atoms with Crippen molar-refractivity contribution in [2.45, 2.75) is 49.2 Å². The molecule has 1 aromatic carbocycles. The van der Waals surface area contributed by atoms with Gasteiger partial charge in [0.1, 0.15) is 0 Å². The van der Waals surface area contributed by atoms with E-state index in [1.54, 1.807) is 0 Å². The minimum absolute atomic E-state index is 0.0332. The number of nitrogens with zero attached hydrogens (tertiary/aromatic N) is 1. The number of hydrogen-bond acceptors (Lipinski definition) is 6. The first kappa shape index (κ1) is 13.1. The predicted molar refractivity (Wildman–Crippen MR) is 75.7 cm³/mol. The Morgan fingerprint density at radius 2 is 1.82 bits per heavy atom. The van der Waals surface area contributed by atoms with Gasteiger partial charge in [-0.1, -0.05) is 0 Å². The van der Waals surface area contributed by atoms with E-state index in [0.717, 1.165) is 16.9 Å². The lowest BCUT2D eigenvalue weighted by atomic mass is 9.60. The number of ether oxygens (including phenoxy) is 2. The molecule has 0 spiro atoms. The van der Waals surface area contributed by atoms with Gasteiger partial charge in [0, 0.05) is 25.6 Å². The van der Waals surface area contributed by atoms with Gasteiger partial charge in [-0.15, -0.1) is 0 Å². The number of benzene rings is 1. The lowest BCUT2D eigenvalue weighted by Gasteiger charge is -2.51. The SMILES string of the molecule is OC1CC(O)C23c4cc5c(cc4CN(CC2O)C3C1)OCO5. The fourth-order valence-corrected chi connectivity index (χ4v) is 5.07. The van der Waals surface area contributed by atoms with Crippen LogP contribution < -0.4 is 9.47 Å². The highest BCUT2D eigenvalue weighted by Gasteiger charge is 2.64. The molecule has 6 nitrogen and oxygen atoms in total. The number of hydrogen-bond donors (Lipinski definition) is 3. The van der Waals surface area contributed by atoms with Crippen molar-refractivity contribution < 1.29 is 24.8 Å². The first-order valence-electron chi connectivity index (χ1n) is 7.82. The molecule has 1 saturated carbocycles. The molecule has 3 aliphatic heterocycles. The van der Waals surface area contributed by atoms with E-state index in [9.17, 15) is 15.3 Å². The summed E-state index contributed by atoms with van der Waals surface area (Å²) >= 11 is 0. The van der Waals surface area contributed by atoms with Crippen LogP contribution in [0.15, 0.2) is 12.1 Å². The Kier molecular flexibility index (Phi) is 2.47. The van der Waals surface area contributed by atoms with Crippen LogP contribution in [0.1, 0.15) is 24.0 Å². The second-order valence-electron chi connectivity index (χ2n) is 6.90. The van der Waals surface area contributed by atoms with E-state index in [1.165, 1.54) is 0 Å². The molecule has 1 aliphatic carbocycles. The first-order chi connectivity index (χ1) is 10.6. The molecule has 5 rings (SSSR count). The fraction of sp³-hybridized carbons (Fsp3) is 0.625. The average molecular weight is 305 g/mol. The quantitative estimate of drug-likeness (QED) is 0.612. The maximum atomic E-state index is 10.8. The van der Waals surface area contributed by atoms with Crippen LogP contribution in [0, 0.1) is 0 Å². The summed E-state index contributed by atoms with van der Waals surface area (Å²) in [6.07, 6.45) is -1.03. The summed E-state index contributed by atoms with van der Waals surface area (Å²) in [5, 5.41) is 31.6. The molecule has 6 heteroatoms. The molecule has 4 aliphatic rings. The summed E-state index contributed by atoms with van der Waals surface area (Å²) in [5.41, 5.74) is 1.31. The predicted octanol–water partition coefficient (Wildman–Crippen LogP) is -0.273. The van der Waals surface area contributed by atoms with Crippen LogP contribution in [0.3, 0.4) is 0 Å². The molecular weight excluding hydrogens is 286 g/mol. The van der Waals surface area contributed by atoms with Crippen LogP contribution >= 0.6 is 0 Å². The summed E-state index contributed by atoms with van der Waals surface area (Å²) in [7, 11) is 0. The number of aliphatic hydroxyl groups is 3. The van der Waals surface area contributed by atoms with Gasteiger partial charge in [-0.25, -0.2) is 0 Å². The second-order valence-corrected chi connectivity index (χ2v) is 6.90. The molecule has 2 bridgehead atoms. The third-order valence-corrected chi connectivity index (χ3v) is 5.93. The van der Waals surface area contributed by atoms with Crippen LogP contribution in [0.4, 0.5) is 0 Å². The van der Waals surface area contributed by atoms with Crippen molar-refractivity contribution in [3.05, 3.63) is 23.3 Å². The van der Waals surface area contributed by atoms with Crippen LogP contribution in [0.2, 0.25) is 0 Å². The van der Waals surface area contributed by atoms with Gasteiger partial charge in [0.15, 0.2) is 11.5 Å². The highest BCUT2D eigenvalue weighted by Crippen LogP contribution is 2.55. The first-order valence-corrected chi connectivity index (χ1v) is 7.82. The van der Waals surface area contributed by atoms with E-state index in [4.69, 9.17) is 9.47 Å². The van der Waals surface area contributed by atoms with Gasteiger partial charge >= 0.3 is 0 Å². The lowest BCUT2D eigenvalue weighted by molar-refractivity contribution is -0.0755. The molecule has 6 unspecified atom stereocenters. The Bertz CT molecular complexity index is 650. The van der Waals surface area contributed by atoms with Gasteiger partial charge in [0.05, 0.1) is 23.7 Å². The average Bonchev–Trinajstić information content (AvgIpc) is 2.99. The Labute approximate surface area is 127 Å². The van der Waals surface area contributed by atoms with Gasteiger partial charge in [0.2, 0.25) is 6.79 Å². The molecule has 3 heterocycles. The maximum absolute atomic E-state index is 10.8. The molecule has 6 atom stereocenters. The van der Waals surface area contributed by atoms with Gasteiger partial charge in [-0.3, -0.25) is 4.90 Å². The van der Waals surface area contributed by atoms with Crippen LogP contribution in [-0.2, 0) is 12.0 Å². The van der Waals surface area contributed by atoms with E-state index < -0.39 is 23.7 Å². The zero-order valence-corrected chi connectivity index (χ0v) is 12.1. The number of fused-ring (bicyclic) bond motifs is 2. The van der Waals surface area contributed by atoms with E-state index in [-0.39, 0.29) is 12.8 Å². The zero-order chi connectivity index (χ0) is 15.1. The molecule has 22 heavy (non-hydrogen) atoms. The minimum Gasteiger partial charge on any atom is -0.454 e. The van der Waals surface area contributed by atoms with Crippen molar-refractivity contribution in [2.24, 2.45) is 0 Å². The van der Waals surface area contributed by atoms with Gasteiger partial charge in [-0.2, -0.15) is 0 Å². The number of rotatable bonds is 0. The highest BCUT2D eigenvalue weighted by atomic mass is 16.7. The summed E-state index contributed by atoms with van der Waals surface area (Å²) in [4.78, 5) is 2.18. The molecule has 0 radical (unpaired) electrons. The fourth-order valence-electron chi connectivity index (χ4n) is 5.07. The standard InChI is InChI=1S/C16H19NO5/c18-9-2-13-16(14(19)3-9)10-4-12-11(21-7-22-12)1-8(10)5-17(13)6-15(16)20/h1,4,9,13-15,18-20H,2-3,5-7H2. The van der Waals surface area contributed by atoms with Gasteiger partial charge < -0.3 is 24.8 Å². The molecule has 1 saturated heterocycles. The molecule has 1 aromatic rings. The number of aliphatic hydroxyl groups excluding tert-OH is 3. The molecule has 0 aromatic heterocycles. The molecule has 0 amide bonds. The largest absolute Gasteiger partial charge is 0.454 e. The van der Waals surface area contributed by atoms with Gasteiger partial charge in [0.25, 0.3) is 0 Å². The Morgan fingerprint density at radius 3 is 2.64 bits per heavy atom. The second kappa shape index (κ2) is 4.14. The minimum atomic E-state index is -0.763. The molecule has 2 fully saturated rings. The third-order valence-electron chi connectivity index (χ3n) is 5.93. The highest BCUT2D eigenvalue weighted by molar-refractivity contribution is 5.55. The van der Waals surface area contributed by atoms with Crippen molar-refractivity contribution >= 4 is 0 Å². The van der Waals surface area contributed by atoms with Crippen molar-refractivity contribution in [1.29, 1.82) is 0 Å². The van der Waals surface area contributed by atoms with Crippen molar-refractivity contribution in [2.75, 3.05) is 13.3 Å². The van der Waals surface area contributed by atoms with E-state index in [2.05, 4.69) is 4.90 Å².